The van der Waals surface area contributed by atoms with Crippen molar-refractivity contribution in [3.05, 3.63) is 34.7 Å². The number of thiophene rings is 1. The molecule has 2 aromatic rings. The molecule has 1 unspecified atom stereocenters. The third-order valence-corrected chi connectivity index (χ3v) is 9.64. The van der Waals surface area contributed by atoms with Gasteiger partial charge in [-0.3, -0.25) is 9.59 Å². The number of amides is 2. The molecule has 1 aromatic carbocycles. The number of piperidine rings is 1. The Morgan fingerprint density at radius 3 is 2.60 bits per heavy atom. The zero-order valence-electron chi connectivity index (χ0n) is 17.7. The Balaban J connectivity index is 1.47. The largest absolute Gasteiger partial charge is 0.379 e. The van der Waals surface area contributed by atoms with Crippen LogP contribution in [0.1, 0.15) is 42.1 Å². The van der Waals surface area contributed by atoms with Gasteiger partial charge >= 0.3 is 0 Å². The van der Waals surface area contributed by atoms with Crippen LogP contribution in [0.3, 0.4) is 0 Å². The third-order valence-electron chi connectivity index (χ3n) is 6.46. The first kappa shape index (κ1) is 21.5. The normalized spacial score (nSPS) is 21.1. The number of likely N-dealkylation sites (tertiary alicyclic amines) is 1. The molecule has 2 aliphatic heterocycles. The fourth-order valence-corrected chi connectivity index (χ4v) is 6.94. The molecule has 0 radical (unpaired) electrons. The predicted molar refractivity (Wildman–Crippen MR) is 121 cm³/mol. The molecule has 1 atom stereocenters. The van der Waals surface area contributed by atoms with Gasteiger partial charge in [-0.05, 0) is 37.8 Å². The smallest absolute Gasteiger partial charge is 0.286 e. The van der Waals surface area contributed by atoms with Crippen LogP contribution in [0.4, 0.5) is 0 Å². The zero-order valence-corrected chi connectivity index (χ0v) is 19.3. The van der Waals surface area contributed by atoms with Crippen molar-refractivity contribution in [2.75, 3.05) is 32.6 Å². The van der Waals surface area contributed by atoms with Crippen LogP contribution < -0.4 is 0 Å². The molecule has 30 heavy (non-hydrogen) atoms. The summed E-state index contributed by atoms with van der Waals surface area (Å²) in [7, 11) is -2.70. The molecule has 0 bridgehead atoms. The van der Waals surface area contributed by atoms with E-state index in [-0.39, 0.29) is 16.6 Å². The predicted octanol–water partition coefficient (Wildman–Crippen LogP) is 3.87. The second kappa shape index (κ2) is 8.05. The van der Waals surface area contributed by atoms with E-state index in [0.29, 0.717) is 44.7 Å². The van der Waals surface area contributed by atoms with Crippen LogP contribution in [0.2, 0.25) is 0 Å². The first-order chi connectivity index (χ1) is 14.3. The summed E-state index contributed by atoms with van der Waals surface area (Å²) < 4.78 is 23.8. The highest BCUT2D eigenvalue weighted by Crippen LogP contribution is 2.35. The number of hydrogen-bond acceptors (Lipinski definition) is 5. The second-order valence-corrected chi connectivity index (χ2v) is 12.0. The van der Waals surface area contributed by atoms with Crippen molar-refractivity contribution >= 4 is 43.0 Å². The van der Waals surface area contributed by atoms with Gasteiger partial charge in [0.25, 0.3) is 5.91 Å². The van der Waals surface area contributed by atoms with Gasteiger partial charge in [0.15, 0.2) is 0 Å². The van der Waals surface area contributed by atoms with E-state index in [1.54, 1.807) is 11.6 Å². The van der Waals surface area contributed by atoms with E-state index in [9.17, 15) is 13.8 Å². The number of carbonyl (C=O) groups excluding carboxylic acids is 2. The first-order valence-electron chi connectivity index (χ1n) is 10.4. The molecular weight excluding hydrogens is 420 g/mol. The van der Waals surface area contributed by atoms with Gasteiger partial charge in [0, 0.05) is 40.1 Å². The number of rotatable bonds is 4. The zero-order chi connectivity index (χ0) is 21.5. The standard InChI is InChI=1S/C22H28N2O4S2/c1-4-22(13-28-14-22)21(26)24-9-7-16(8-10-24)30(3,27)23-20(25)18-12-29-19-11-15(2)5-6-17(18)19/h5-6,11-12,16H,4,7-10,13-14H2,1-3H3. The minimum atomic E-state index is -2.70. The maximum absolute atomic E-state index is 13.3. The highest BCUT2D eigenvalue weighted by atomic mass is 32.2. The molecule has 0 aliphatic carbocycles. The van der Waals surface area contributed by atoms with Gasteiger partial charge in [-0.1, -0.05) is 19.1 Å². The quantitative estimate of drug-likeness (QED) is 0.712. The molecule has 6 nitrogen and oxygen atoms in total. The van der Waals surface area contributed by atoms with Gasteiger partial charge in [0.05, 0.1) is 33.9 Å². The van der Waals surface area contributed by atoms with Gasteiger partial charge in [-0.25, -0.2) is 4.21 Å². The molecule has 2 fully saturated rings. The number of ether oxygens (including phenoxy) is 1. The molecule has 0 spiro atoms. The first-order valence-corrected chi connectivity index (χ1v) is 13.2. The van der Waals surface area contributed by atoms with Crippen molar-refractivity contribution in [2.24, 2.45) is 9.78 Å². The summed E-state index contributed by atoms with van der Waals surface area (Å²) in [6, 6.07) is 5.94. The average Bonchev–Trinajstić information content (AvgIpc) is 3.10. The molecule has 0 saturated carbocycles. The van der Waals surface area contributed by atoms with E-state index in [1.807, 2.05) is 36.9 Å². The van der Waals surface area contributed by atoms with E-state index >= 15 is 0 Å². The third kappa shape index (κ3) is 3.81. The van der Waals surface area contributed by atoms with E-state index in [1.165, 1.54) is 11.3 Å². The summed E-state index contributed by atoms with van der Waals surface area (Å²) in [4.78, 5) is 27.6. The summed E-state index contributed by atoms with van der Waals surface area (Å²) in [6.45, 7) is 6.13. The Morgan fingerprint density at radius 1 is 1.30 bits per heavy atom. The fourth-order valence-electron chi connectivity index (χ4n) is 4.25. The number of aryl methyl sites for hydroxylation is 1. The minimum absolute atomic E-state index is 0.144. The van der Waals surface area contributed by atoms with Gasteiger partial charge in [0.2, 0.25) is 5.91 Å². The molecule has 2 saturated heterocycles. The van der Waals surface area contributed by atoms with Crippen LogP contribution in [0, 0.1) is 12.3 Å². The highest BCUT2D eigenvalue weighted by Gasteiger charge is 2.47. The number of fused-ring (bicyclic) bond motifs is 1. The summed E-state index contributed by atoms with van der Waals surface area (Å²) in [5.41, 5.74) is 1.28. The number of nitrogens with zero attached hydrogens (tertiary/aromatic N) is 2. The van der Waals surface area contributed by atoms with Crippen LogP contribution >= 0.6 is 11.3 Å². The molecule has 0 N–H and O–H groups in total. The lowest BCUT2D eigenvalue weighted by molar-refractivity contribution is -0.174. The Labute approximate surface area is 181 Å². The van der Waals surface area contributed by atoms with Gasteiger partial charge < -0.3 is 9.64 Å². The Hall–Kier alpha value is -1.77. The summed E-state index contributed by atoms with van der Waals surface area (Å²) in [5.74, 6) is -0.266. The SMILES string of the molecule is CCC1(C(=O)N2CCC(S(C)(=O)=NC(=O)c3csc4cc(C)ccc34)CC2)COC1. The van der Waals surface area contributed by atoms with Crippen LogP contribution in [-0.2, 0) is 19.3 Å². The molecule has 162 valence electrons. The van der Waals surface area contributed by atoms with E-state index in [0.717, 1.165) is 22.1 Å². The van der Waals surface area contributed by atoms with Gasteiger partial charge in [0.1, 0.15) is 0 Å². The second-order valence-electron chi connectivity index (χ2n) is 8.52. The highest BCUT2D eigenvalue weighted by molar-refractivity contribution is 7.93. The van der Waals surface area contributed by atoms with Gasteiger partial charge in [-0.2, -0.15) is 4.36 Å². The van der Waals surface area contributed by atoms with Crippen molar-refractivity contribution in [1.29, 1.82) is 0 Å². The average molecular weight is 449 g/mol. The monoisotopic (exact) mass is 448 g/mol. The fraction of sp³-hybridized carbons (Fsp3) is 0.545. The molecular formula is C22H28N2O4S2. The minimum Gasteiger partial charge on any atom is -0.379 e. The van der Waals surface area contributed by atoms with Crippen LogP contribution in [0.25, 0.3) is 10.1 Å². The summed E-state index contributed by atoms with van der Waals surface area (Å²) in [5, 5.41) is 2.48. The maximum Gasteiger partial charge on any atom is 0.286 e. The summed E-state index contributed by atoms with van der Waals surface area (Å²) in [6.07, 6.45) is 3.55. The lowest BCUT2D eigenvalue weighted by atomic mass is 9.81. The number of carbonyl (C=O) groups is 2. The van der Waals surface area contributed by atoms with E-state index in [2.05, 4.69) is 4.36 Å². The van der Waals surface area contributed by atoms with Crippen LogP contribution in [-0.4, -0.2) is 58.7 Å². The Kier molecular flexibility index (Phi) is 5.76. The molecule has 8 heteroatoms. The van der Waals surface area contributed by atoms with Crippen molar-refractivity contribution in [2.45, 2.75) is 38.4 Å². The molecule has 3 heterocycles. The maximum atomic E-state index is 13.3. The molecule has 2 amide bonds. The Morgan fingerprint density at radius 2 is 2.00 bits per heavy atom. The lowest BCUT2D eigenvalue weighted by Gasteiger charge is -2.44. The van der Waals surface area contributed by atoms with Crippen molar-refractivity contribution < 1.29 is 18.5 Å². The van der Waals surface area contributed by atoms with Crippen LogP contribution in [0.15, 0.2) is 27.9 Å². The van der Waals surface area contributed by atoms with Crippen molar-refractivity contribution in [3.8, 4) is 0 Å². The topological polar surface area (TPSA) is 76.0 Å². The van der Waals surface area contributed by atoms with Gasteiger partial charge in [-0.15, -0.1) is 11.3 Å². The van der Waals surface area contributed by atoms with E-state index in [4.69, 9.17) is 4.74 Å². The summed E-state index contributed by atoms with van der Waals surface area (Å²) >= 11 is 1.51. The van der Waals surface area contributed by atoms with Crippen LogP contribution in [0.5, 0.6) is 0 Å². The molecule has 2 aliphatic rings. The van der Waals surface area contributed by atoms with Crippen molar-refractivity contribution in [1.82, 2.24) is 4.90 Å². The van der Waals surface area contributed by atoms with E-state index < -0.39 is 15.6 Å². The van der Waals surface area contributed by atoms with Crippen molar-refractivity contribution in [3.63, 3.8) is 0 Å². The Bertz CT molecular complexity index is 1100. The molecule has 1 aromatic heterocycles. The number of benzene rings is 1. The lowest BCUT2D eigenvalue weighted by Crippen LogP contribution is -2.56. The molecule has 4 rings (SSSR count). The number of hydrogen-bond donors (Lipinski definition) is 0.